The minimum absolute atomic E-state index is 0.251. The van der Waals surface area contributed by atoms with Gasteiger partial charge in [0.1, 0.15) is 0 Å². The average Bonchev–Trinajstić information content (AvgIpc) is 2.38. The maximum atomic E-state index is 13.0. The average molecular weight is 272 g/mol. The molecule has 1 atom stereocenters. The molecule has 6 heteroatoms. The van der Waals surface area contributed by atoms with Gasteiger partial charge in [-0.2, -0.15) is 13.2 Å². The van der Waals surface area contributed by atoms with E-state index in [1.165, 1.54) is 17.0 Å². The van der Waals surface area contributed by atoms with E-state index in [1.54, 1.807) is 6.07 Å². The summed E-state index contributed by atoms with van der Waals surface area (Å²) in [6.45, 7) is 0.766. The Morgan fingerprint density at radius 3 is 2.63 bits per heavy atom. The van der Waals surface area contributed by atoms with Crippen LogP contribution in [0.1, 0.15) is 29.9 Å². The van der Waals surface area contributed by atoms with Crippen molar-refractivity contribution in [3.8, 4) is 0 Å². The zero-order chi connectivity index (χ0) is 14.0. The van der Waals surface area contributed by atoms with Crippen LogP contribution in [0.5, 0.6) is 0 Å². The molecule has 1 saturated heterocycles. The number of primary amides is 1. The van der Waals surface area contributed by atoms with E-state index in [4.69, 9.17) is 5.73 Å². The lowest BCUT2D eigenvalue weighted by Crippen LogP contribution is -2.42. The third-order valence-corrected chi connectivity index (χ3v) is 3.44. The molecule has 2 N–H and O–H groups in total. The molecule has 0 saturated carbocycles. The third kappa shape index (κ3) is 3.00. The number of carbonyl (C=O) groups is 1. The van der Waals surface area contributed by atoms with Crippen LogP contribution in [0.3, 0.4) is 0 Å². The summed E-state index contributed by atoms with van der Waals surface area (Å²) in [5.41, 5.74) is 4.83. The molecule has 2 rings (SSSR count). The first-order valence-electron chi connectivity index (χ1n) is 6.10. The van der Waals surface area contributed by atoms with Crippen LogP contribution in [-0.2, 0) is 6.18 Å². The van der Waals surface area contributed by atoms with Gasteiger partial charge in [-0.25, -0.2) is 4.79 Å². The molecule has 1 fully saturated rings. The summed E-state index contributed by atoms with van der Waals surface area (Å²) in [4.78, 5) is 12.5. The van der Waals surface area contributed by atoms with E-state index >= 15 is 0 Å². The molecule has 1 heterocycles. The molecule has 3 nitrogen and oxygen atoms in total. The molecular formula is C13H15F3N2O. The molecule has 0 spiro atoms. The zero-order valence-corrected chi connectivity index (χ0v) is 10.3. The third-order valence-electron chi connectivity index (χ3n) is 3.44. The second-order valence-electron chi connectivity index (χ2n) is 4.71. The fraction of sp³-hybridized carbons (Fsp3) is 0.462. The Morgan fingerprint density at radius 2 is 2.00 bits per heavy atom. The topological polar surface area (TPSA) is 46.3 Å². The van der Waals surface area contributed by atoms with Crippen molar-refractivity contribution in [3.63, 3.8) is 0 Å². The van der Waals surface area contributed by atoms with E-state index in [1.807, 2.05) is 0 Å². The Kier molecular flexibility index (Phi) is 3.68. The van der Waals surface area contributed by atoms with Crippen molar-refractivity contribution in [1.29, 1.82) is 0 Å². The van der Waals surface area contributed by atoms with Crippen molar-refractivity contribution >= 4 is 6.03 Å². The lowest BCUT2D eigenvalue weighted by Gasteiger charge is -2.32. The largest absolute Gasteiger partial charge is 0.416 e. The number of rotatable bonds is 1. The second kappa shape index (κ2) is 5.11. The summed E-state index contributed by atoms with van der Waals surface area (Å²) in [5.74, 6) is -0.306. The Bertz CT molecular complexity index is 473. The number of piperidine rings is 1. The molecule has 1 aliphatic rings. The minimum atomic E-state index is -4.37. The summed E-state index contributed by atoms with van der Waals surface area (Å²) < 4.78 is 38.9. The van der Waals surface area contributed by atoms with Gasteiger partial charge in [0.25, 0.3) is 0 Å². The first kappa shape index (κ1) is 13.7. The molecule has 1 unspecified atom stereocenters. The quantitative estimate of drug-likeness (QED) is 0.839. The number of nitrogens with two attached hydrogens (primary N) is 1. The molecule has 0 radical (unpaired) electrons. The molecule has 1 aromatic carbocycles. The van der Waals surface area contributed by atoms with Crippen LogP contribution in [0, 0.1) is 0 Å². The Hall–Kier alpha value is -1.72. The van der Waals surface area contributed by atoms with Gasteiger partial charge in [0, 0.05) is 19.0 Å². The van der Waals surface area contributed by atoms with Gasteiger partial charge in [0.15, 0.2) is 0 Å². The smallest absolute Gasteiger partial charge is 0.351 e. The summed E-state index contributed by atoms with van der Waals surface area (Å²) in [5, 5.41) is 0. The van der Waals surface area contributed by atoms with Gasteiger partial charge in [0.05, 0.1) is 5.56 Å². The predicted molar refractivity (Wildman–Crippen MR) is 64.6 cm³/mol. The number of amides is 2. The number of carbonyl (C=O) groups excluding carboxylic acids is 1. The van der Waals surface area contributed by atoms with Crippen LogP contribution in [0.2, 0.25) is 0 Å². The molecule has 1 aromatic rings. The normalized spacial score (nSPS) is 20.4. The lowest BCUT2D eigenvalue weighted by atomic mass is 9.87. The molecule has 19 heavy (non-hydrogen) atoms. The van der Waals surface area contributed by atoms with E-state index in [2.05, 4.69) is 0 Å². The number of halogens is 3. The Morgan fingerprint density at radius 1 is 1.32 bits per heavy atom. The van der Waals surface area contributed by atoms with Crippen LogP contribution in [-0.4, -0.2) is 24.0 Å². The Balaban J connectivity index is 2.29. The number of urea groups is 1. The summed E-state index contributed by atoms with van der Waals surface area (Å²) in [6, 6.07) is 4.96. The first-order valence-corrected chi connectivity index (χ1v) is 6.10. The number of hydrogen-bond donors (Lipinski definition) is 1. The summed E-state index contributed by atoms with van der Waals surface area (Å²) in [6.07, 6.45) is -3.07. The fourth-order valence-electron chi connectivity index (χ4n) is 2.54. The number of hydrogen-bond acceptors (Lipinski definition) is 1. The van der Waals surface area contributed by atoms with Gasteiger partial charge in [-0.1, -0.05) is 18.2 Å². The molecule has 2 amide bonds. The maximum Gasteiger partial charge on any atom is 0.416 e. The highest BCUT2D eigenvalue weighted by Crippen LogP contribution is 2.37. The molecule has 0 aliphatic carbocycles. The summed E-state index contributed by atoms with van der Waals surface area (Å²) in [7, 11) is 0. The van der Waals surface area contributed by atoms with Crippen molar-refractivity contribution < 1.29 is 18.0 Å². The van der Waals surface area contributed by atoms with Crippen LogP contribution >= 0.6 is 0 Å². The molecule has 1 aliphatic heterocycles. The van der Waals surface area contributed by atoms with Gasteiger partial charge in [-0.15, -0.1) is 0 Å². The maximum absolute atomic E-state index is 13.0. The van der Waals surface area contributed by atoms with Crippen molar-refractivity contribution in [2.75, 3.05) is 13.1 Å². The number of nitrogens with zero attached hydrogens (tertiary/aromatic N) is 1. The fourth-order valence-corrected chi connectivity index (χ4v) is 2.54. The SMILES string of the molecule is NC(=O)N1CCCC(c2ccccc2C(F)(F)F)C1. The van der Waals surface area contributed by atoms with Crippen molar-refractivity contribution in [1.82, 2.24) is 4.90 Å². The highest BCUT2D eigenvalue weighted by molar-refractivity contribution is 5.72. The van der Waals surface area contributed by atoms with Gasteiger partial charge in [-0.05, 0) is 24.5 Å². The Labute approximate surface area is 109 Å². The van der Waals surface area contributed by atoms with Crippen molar-refractivity contribution in [2.45, 2.75) is 24.9 Å². The predicted octanol–water partition coefficient (Wildman–Crippen LogP) is 2.96. The van der Waals surface area contributed by atoms with E-state index in [9.17, 15) is 18.0 Å². The number of alkyl halides is 3. The van der Waals surface area contributed by atoms with E-state index < -0.39 is 17.8 Å². The van der Waals surface area contributed by atoms with E-state index in [0.29, 0.717) is 19.4 Å². The van der Waals surface area contributed by atoms with Crippen LogP contribution in [0.25, 0.3) is 0 Å². The van der Waals surface area contributed by atoms with Crippen molar-refractivity contribution in [3.05, 3.63) is 35.4 Å². The highest BCUT2D eigenvalue weighted by Gasteiger charge is 2.36. The molecule has 0 aromatic heterocycles. The zero-order valence-electron chi connectivity index (χ0n) is 10.3. The van der Waals surface area contributed by atoms with Gasteiger partial charge in [0.2, 0.25) is 0 Å². The monoisotopic (exact) mass is 272 g/mol. The van der Waals surface area contributed by atoms with E-state index in [0.717, 1.165) is 6.07 Å². The van der Waals surface area contributed by atoms with Crippen molar-refractivity contribution in [2.24, 2.45) is 5.73 Å². The second-order valence-corrected chi connectivity index (χ2v) is 4.71. The van der Waals surface area contributed by atoms with Crippen LogP contribution < -0.4 is 5.73 Å². The van der Waals surface area contributed by atoms with Gasteiger partial charge < -0.3 is 10.6 Å². The van der Waals surface area contributed by atoms with E-state index in [-0.39, 0.29) is 18.0 Å². The molecular weight excluding hydrogens is 257 g/mol. The molecule has 104 valence electrons. The molecule has 0 bridgehead atoms. The number of likely N-dealkylation sites (tertiary alicyclic amines) is 1. The standard InChI is InChI=1S/C13H15F3N2O/c14-13(15,16)11-6-2-1-5-10(11)9-4-3-7-18(8-9)12(17)19/h1-2,5-6,9H,3-4,7-8H2,(H2,17,19). The van der Waals surface area contributed by atoms with Crippen LogP contribution in [0.15, 0.2) is 24.3 Å². The minimum Gasteiger partial charge on any atom is -0.351 e. The van der Waals surface area contributed by atoms with Gasteiger partial charge in [-0.3, -0.25) is 0 Å². The first-order chi connectivity index (χ1) is 8.89. The van der Waals surface area contributed by atoms with Crippen LogP contribution in [0.4, 0.5) is 18.0 Å². The number of benzene rings is 1. The summed E-state index contributed by atoms with van der Waals surface area (Å²) >= 11 is 0. The van der Waals surface area contributed by atoms with Gasteiger partial charge >= 0.3 is 12.2 Å². The lowest BCUT2D eigenvalue weighted by molar-refractivity contribution is -0.138. The highest BCUT2D eigenvalue weighted by atomic mass is 19.4.